The van der Waals surface area contributed by atoms with Gasteiger partial charge in [-0.3, -0.25) is 10.6 Å². The molecule has 1 aromatic carbocycles. The lowest BCUT2D eigenvalue weighted by molar-refractivity contribution is 0.0369. The Balaban J connectivity index is 1.65. The first-order chi connectivity index (χ1) is 14.6. The van der Waals surface area contributed by atoms with Crippen LogP contribution in [0.5, 0.6) is 0 Å². The molecule has 0 unspecified atom stereocenters. The number of hydrogen-bond acceptors (Lipinski definition) is 4. The number of carbonyl (C=O) groups is 2. The monoisotopic (exact) mass is 406 g/mol. The van der Waals surface area contributed by atoms with Crippen molar-refractivity contribution in [3.8, 4) is 0 Å². The minimum atomic E-state index is -0.465. The molecule has 6 heteroatoms. The van der Waals surface area contributed by atoms with Crippen molar-refractivity contribution in [1.82, 2.24) is 0 Å². The molecule has 0 saturated carbocycles. The smallest absolute Gasteiger partial charge is 0.411 e. The Kier molecular flexibility index (Phi) is 4.27. The summed E-state index contributed by atoms with van der Waals surface area (Å²) < 4.78 is 10.3. The number of rotatable bonds is 4. The molecule has 6 nitrogen and oxygen atoms in total. The van der Waals surface area contributed by atoms with Gasteiger partial charge in [-0.2, -0.15) is 0 Å². The Morgan fingerprint density at radius 1 is 0.867 bits per heavy atom. The standard InChI is InChI=1S/C24H26N2O4/c1-3-29-21(27)25-17-9-10-18(26-22(28)30-4-2)20-16-8-7-15(19(17)20)23-11-5-6-12-24(16,23)14-13-23/h5-10,13-16H,3-4,11-12H2,1-2H3,(H,25,27)(H,26,28)/t15-,16-,23+,24+/m1/s1. The Morgan fingerprint density at radius 2 is 1.30 bits per heavy atom. The summed E-state index contributed by atoms with van der Waals surface area (Å²) in [5.74, 6) is 0.238. The molecule has 0 aromatic heterocycles. The Morgan fingerprint density at radius 3 is 1.67 bits per heavy atom. The number of ether oxygens (including phenoxy) is 2. The molecule has 2 N–H and O–H groups in total. The molecule has 0 saturated heterocycles. The van der Waals surface area contributed by atoms with E-state index in [1.165, 1.54) is 0 Å². The molecule has 30 heavy (non-hydrogen) atoms. The third kappa shape index (κ3) is 2.36. The minimum absolute atomic E-state index is 0.0157. The fraction of sp³-hybridized carbons (Fsp3) is 0.417. The van der Waals surface area contributed by atoms with Crippen molar-refractivity contribution in [2.75, 3.05) is 23.8 Å². The number of hydrogen-bond donors (Lipinski definition) is 2. The van der Waals surface area contributed by atoms with E-state index in [2.05, 4.69) is 47.1 Å². The first-order valence-electron chi connectivity index (χ1n) is 10.6. The largest absolute Gasteiger partial charge is 0.450 e. The van der Waals surface area contributed by atoms with Crippen molar-refractivity contribution >= 4 is 23.6 Å². The Hall–Kier alpha value is -3.02. The predicted molar refractivity (Wildman–Crippen MR) is 115 cm³/mol. The summed E-state index contributed by atoms with van der Waals surface area (Å²) in [7, 11) is 0. The van der Waals surface area contributed by atoms with Gasteiger partial charge in [0, 0.05) is 34.0 Å². The summed E-state index contributed by atoms with van der Waals surface area (Å²) in [4.78, 5) is 24.5. The number of allylic oxidation sites excluding steroid dienone is 6. The average Bonchev–Trinajstić information content (AvgIpc) is 2.71. The van der Waals surface area contributed by atoms with Crippen LogP contribution in [-0.4, -0.2) is 25.4 Å². The van der Waals surface area contributed by atoms with Crippen molar-refractivity contribution in [3.63, 3.8) is 0 Å². The van der Waals surface area contributed by atoms with Crippen molar-refractivity contribution in [3.05, 3.63) is 59.7 Å². The first-order valence-corrected chi connectivity index (χ1v) is 10.6. The highest BCUT2D eigenvalue weighted by Crippen LogP contribution is 2.76. The summed E-state index contributed by atoms with van der Waals surface area (Å²) in [6.07, 6.45) is 14.8. The molecule has 4 atom stereocenters. The van der Waals surface area contributed by atoms with E-state index in [0.717, 1.165) is 35.3 Å². The van der Waals surface area contributed by atoms with Gasteiger partial charge in [-0.1, -0.05) is 36.5 Å². The van der Waals surface area contributed by atoms with Gasteiger partial charge in [-0.15, -0.1) is 0 Å². The van der Waals surface area contributed by atoms with Gasteiger partial charge in [0.15, 0.2) is 0 Å². The van der Waals surface area contributed by atoms with Crippen LogP contribution in [-0.2, 0) is 9.47 Å². The van der Waals surface area contributed by atoms with Crippen LogP contribution in [0.4, 0.5) is 21.0 Å². The molecular formula is C24H26N2O4. The van der Waals surface area contributed by atoms with Gasteiger partial charge in [0.1, 0.15) is 0 Å². The molecule has 5 aliphatic rings. The van der Waals surface area contributed by atoms with E-state index < -0.39 is 12.2 Å². The molecule has 156 valence electrons. The summed E-state index contributed by atoms with van der Waals surface area (Å²) in [6, 6.07) is 3.70. The normalized spacial score (nSPS) is 31.1. The summed E-state index contributed by atoms with van der Waals surface area (Å²) in [5.41, 5.74) is 3.66. The van der Waals surface area contributed by atoms with Gasteiger partial charge in [0.25, 0.3) is 0 Å². The number of amides is 2. The minimum Gasteiger partial charge on any atom is -0.450 e. The fourth-order valence-corrected chi connectivity index (χ4v) is 5.98. The highest BCUT2D eigenvalue weighted by Gasteiger charge is 2.66. The zero-order valence-corrected chi connectivity index (χ0v) is 17.2. The van der Waals surface area contributed by atoms with Gasteiger partial charge < -0.3 is 9.47 Å². The van der Waals surface area contributed by atoms with Gasteiger partial charge in [-0.25, -0.2) is 9.59 Å². The highest BCUT2D eigenvalue weighted by molar-refractivity contribution is 5.92. The van der Waals surface area contributed by atoms with Crippen LogP contribution in [0, 0.1) is 10.8 Å². The second kappa shape index (κ2) is 6.76. The second-order valence-corrected chi connectivity index (χ2v) is 8.31. The second-order valence-electron chi connectivity index (χ2n) is 8.31. The molecule has 6 rings (SSSR count). The molecule has 0 heterocycles. The number of nitrogens with one attached hydrogen (secondary N) is 2. The van der Waals surface area contributed by atoms with Crippen LogP contribution in [0.25, 0.3) is 0 Å². The molecule has 0 aliphatic heterocycles. The van der Waals surface area contributed by atoms with Crippen molar-refractivity contribution in [1.29, 1.82) is 0 Å². The number of anilines is 2. The van der Waals surface area contributed by atoms with Crippen LogP contribution in [0.3, 0.4) is 0 Å². The third-order valence-corrected chi connectivity index (χ3v) is 7.16. The molecule has 0 spiro atoms. The number of benzene rings is 1. The fourth-order valence-electron chi connectivity index (χ4n) is 5.98. The molecular weight excluding hydrogens is 380 g/mol. The Bertz CT molecular complexity index is 934. The van der Waals surface area contributed by atoms with E-state index in [0.29, 0.717) is 13.2 Å². The van der Waals surface area contributed by atoms with Gasteiger partial charge >= 0.3 is 12.2 Å². The molecule has 5 aliphatic carbocycles. The van der Waals surface area contributed by atoms with Crippen LogP contribution in [0.2, 0.25) is 0 Å². The molecule has 2 amide bonds. The van der Waals surface area contributed by atoms with Gasteiger partial charge in [-0.05, 0) is 49.9 Å². The maximum Gasteiger partial charge on any atom is 0.411 e. The zero-order valence-electron chi connectivity index (χ0n) is 17.2. The quantitative estimate of drug-likeness (QED) is 0.651. The van der Waals surface area contributed by atoms with E-state index in [1.807, 2.05) is 12.1 Å². The molecule has 0 radical (unpaired) electrons. The highest BCUT2D eigenvalue weighted by atomic mass is 16.6. The third-order valence-electron chi connectivity index (χ3n) is 7.16. The van der Waals surface area contributed by atoms with Crippen molar-refractivity contribution < 1.29 is 19.1 Å². The Labute approximate surface area is 176 Å². The van der Waals surface area contributed by atoms with Gasteiger partial charge in [0.05, 0.1) is 13.2 Å². The summed E-state index contributed by atoms with van der Waals surface area (Å²) in [5, 5.41) is 5.86. The van der Waals surface area contributed by atoms with Crippen LogP contribution < -0.4 is 10.6 Å². The maximum absolute atomic E-state index is 12.2. The first kappa shape index (κ1) is 19.0. The SMILES string of the molecule is CCOC(=O)Nc1ccc(NC(=O)OCC)c2c1[C@H]1C=C[C@H]2[C@]23C=C[C@@]12CC=CC3. The lowest BCUT2D eigenvalue weighted by atomic mass is 9.36. The van der Waals surface area contributed by atoms with Crippen molar-refractivity contribution in [2.24, 2.45) is 10.8 Å². The molecule has 1 aromatic rings. The topological polar surface area (TPSA) is 76.7 Å². The van der Waals surface area contributed by atoms with E-state index in [-0.39, 0.29) is 22.7 Å². The molecule has 2 bridgehead atoms. The lowest BCUT2D eigenvalue weighted by Gasteiger charge is -2.67. The number of carbonyl (C=O) groups excluding carboxylic acids is 2. The maximum atomic E-state index is 12.2. The van der Waals surface area contributed by atoms with E-state index >= 15 is 0 Å². The zero-order chi connectivity index (χ0) is 20.9. The van der Waals surface area contributed by atoms with Crippen LogP contribution in [0.1, 0.15) is 49.7 Å². The van der Waals surface area contributed by atoms with E-state index in [9.17, 15) is 9.59 Å². The van der Waals surface area contributed by atoms with E-state index in [4.69, 9.17) is 9.47 Å². The van der Waals surface area contributed by atoms with Crippen molar-refractivity contribution in [2.45, 2.75) is 38.5 Å². The van der Waals surface area contributed by atoms with Crippen LogP contribution in [0.15, 0.2) is 48.6 Å². The molecule has 0 fully saturated rings. The lowest BCUT2D eigenvalue weighted by Crippen LogP contribution is -2.58. The van der Waals surface area contributed by atoms with E-state index in [1.54, 1.807) is 13.8 Å². The summed E-state index contributed by atoms with van der Waals surface area (Å²) in [6.45, 7) is 4.19. The average molecular weight is 406 g/mol. The summed E-state index contributed by atoms with van der Waals surface area (Å²) >= 11 is 0. The van der Waals surface area contributed by atoms with Gasteiger partial charge in [0.2, 0.25) is 0 Å². The van der Waals surface area contributed by atoms with Crippen LogP contribution >= 0.6 is 0 Å². The predicted octanol–water partition coefficient (Wildman–Crippen LogP) is 5.47.